The maximum Gasteiger partial charge on any atom is 0.304 e. The van der Waals surface area contributed by atoms with Crippen molar-refractivity contribution in [3.05, 3.63) is 69.7 Å². The summed E-state index contributed by atoms with van der Waals surface area (Å²) in [7, 11) is -3.78. The van der Waals surface area contributed by atoms with Crippen molar-refractivity contribution in [2.24, 2.45) is 11.3 Å². The average molecular weight is 596 g/mol. The van der Waals surface area contributed by atoms with E-state index in [0.29, 0.717) is 10.0 Å². The van der Waals surface area contributed by atoms with Gasteiger partial charge >= 0.3 is 5.97 Å². The van der Waals surface area contributed by atoms with Crippen LogP contribution in [0.15, 0.2) is 48.5 Å². The quantitative estimate of drug-likeness (QED) is 0.369. The van der Waals surface area contributed by atoms with Crippen molar-refractivity contribution in [2.45, 2.75) is 76.9 Å². The number of carbonyl (C=O) groups excluding carboxylic acids is 1. The molecule has 2 fully saturated rings. The van der Waals surface area contributed by atoms with Crippen LogP contribution in [0.3, 0.4) is 0 Å². The Labute approximate surface area is 240 Å². The molecule has 10 heteroatoms. The highest BCUT2D eigenvalue weighted by molar-refractivity contribution is 7.89. The van der Waals surface area contributed by atoms with Crippen molar-refractivity contribution in [3.8, 4) is 0 Å². The van der Waals surface area contributed by atoms with E-state index in [1.54, 1.807) is 50.8 Å². The number of likely N-dealkylation sites (tertiary alicyclic amines) is 1. The van der Waals surface area contributed by atoms with Crippen molar-refractivity contribution < 1.29 is 23.1 Å². The Balaban J connectivity index is 1.91. The number of hydrogen-bond acceptors (Lipinski definition) is 4. The maximum atomic E-state index is 14.4. The molecule has 0 bridgehead atoms. The Morgan fingerprint density at radius 3 is 2.28 bits per heavy atom. The molecule has 2 aromatic carbocycles. The van der Waals surface area contributed by atoms with Crippen LogP contribution < -0.4 is 4.72 Å². The Bertz CT molecular complexity index is 1340. The van der Waals surface area contributed by atoms with Crippen LogP contribution in [0.5, 0.6) is 0 Å². The summed E-state index contributed by atoms with van der Waals surface area (Å²) in [6, 6.07) is 13.4. The Morgan fingerprint density at radius 2 is 1.74 bits per heavy atom. The molecular formula is C29H36Cl2N2O5S. The van der Waals surface area contributed by atoms with Crippen LogP contribution in [-0.4, -0.2) is 47.6 Å². The lowest BCUT2D eigenvalue weighted by Crippen LogP contribution is -2.59. The molecule has 39 heavy (non-hydrogen) atoms. The van der Waals surface area contributed by atoms with Crippen molar-refractivity contribution in [3.63, 3.8) is 0 Å². The molecule has 212 valence electrons. The van der Waals surface area contributed by atoms with Gasteiger partial charge in [0.2, 0.25) is 15.9 Å². The van der Waals surface area contributed by atoms with E-state index in [-0.39, 0.29) is 36.3 Å². The fourth-order valence-corrected chi connectivity index (χ4v) is 8.13. The lowest BCUT2D eigenvalue weighted by atomic mass is 9.67. The zero-order valence-corrected chi connectivity index (χ0v) is 25.0. The van der Waals surface area contributed by atoms with Crippen molar-refractivity contribution in [2.75, 3.05) is 5.75 Å². The van der Waals surface area contributed by atoms with Gasteiger partial charge in [-0.05, 0) is 81.3 Å². The molecule has 7 nitrogen and oxygen atoms in total. The van der Waals surface area contributed by atoms with Crippen LogP contribution in [0.4, 0.5) is 0 Å². The molecule has 1 aliphatic carbocycles. The highest BCUT2D eigenvalue weighted by Crippen LogP contribution is 2.54. The number of rotatable bonds is 9. The third-order valence-corrected chi connectivity index (χ3v) is 9.70. The Morgan fingerprint density at radius 1 is 1.10 bits per heavy atom. The minimum absolute atomic E-state index is 0.00696. The molecule has 2 N–H and O–H groups in total. The molecule has 4 rings (SSSR count). The summed E-state index contributed by atoms with van der Waals surface area (Å²) in [5.74, 6) is -2.02. The number of halogens is 2. The first kappa shape index (κ1) is 29.8. The number of piperidine rings is 1. The molecule has 1 aliphatic heterocycles. The SMILES string of the molecule is CC(C)(C)NS(=O)(=O)CC(C1CC1)N1C(=O)[C@@](C)(CC(=O)O)C[C@H](c2cccc(Cl)c2)[C@H]1c1ccc(Cl)cc1. The van der Waals surface area contributed by atoms with Gasteiger partial charge in [-0.2, -0.15) is 0 Å². The first-order valence-electron chi connectivity index (χ1n) is 13.2. The summed E-state index contributed by atoms with van der Waals surface area (Å²) < 4.78 is 29.5. The Kier molecular flexibility index (Phi) is 8.44. The summed E-state index contributed by atoms with van der Waals surface area (Å²) in [5.41, 5.74) is -0.255. The van der Waals surface area contributed by atoms with E-state index in [1.165, 1.54) is 0 Å². The third-order valence-electron chi connectivity index (χ3n) is 7.51. The maximum absolute atomic E-state index is 14.4. The van der Waals surface area contributed by atoms with Gasteiger partial charge < -0.3 is 10.0 Å². The zero-order valence-electron chi connectivity index (χ0n) is 22.7. The predicted octanol–water partition coefficient (Wildman–Crippen LogP) is 6.03. The number of amides is 1. The number of nitrogens with zero attached hydrogens (tertiary/aromatic N) is 1. The lowest BCUT2D eigenvalue weighted by Gasteiger charge is -2.52. The van der Waals surface area contributed by atoms with Crippen molar-refractivity contribution in [1.82, 2.24) is 9.62 Å². The molecule has 1 heterocycles. The van der Waals surface area contributed by atoms with Crippen LogP contribution in [0.25, 0.3) is 0 Å². The number of carboxylic acids is 1. The summed E-state index contributed by atoms with van der Waals surface area (Å²) in [6.07, 6.45) is 1.50. The van der Waals surface area contributed by atoms with Gasteiger partial charge in [0.05, 0.1) is 29.7 Å². The summed E-state index contributed by atoms with van der Waals surface area (Å²) in [5, 5.41) is 10.9. The van der Waals surface area contributed by atoms with E-state index < -0.39 is 39.0 Å². The van der Waals surface area contributed by atoms with Gasteiger partial charge in [0.1, 0.15) is 0 Å². The molecule has 4 atom stereocenters. The van der Waals surface area contributed by atoms with E-state index in [4.69, 9.17) is 23.2 Å². The number of carboxylic acid groups (broad SMARTS) is 1. The normalized spacial score (nSPS) is 25.0. The molecule has 2 aromatic rings. The molecule has 2 aliphatic rings. The van der Waals surface area contributed by atoms with E-state index in [1.807, 2.05) is 30.3 Å². The van der Waals surface area contributed by atoms with Crippen LogP contribution in [0, 0.1) is 11.3 Å². The predicted molar refractivity (Wildman–Crippen MR) is 153 cm³/mol. The molecule has 1 saturated heterocycles. The summed E-state index contributed by atoms with van der Waals surface area (Å²) in [4.78, 5) is 28.1. The second-order valence-corrected chi connectivity index (χ2v) is 14.9. The molecule has 0 radical (unpaired) electrons. The smallest absolute Gasteiger partial charge is 0.304 e. The second kappa shape index (κ2) is 11.0. The van der Waals surface area contributed by atoms with Gasteiger partial charge in [0.15, 0.2) is 0 Å². The highest BCUT2D eigenvalue weighted by atomic mass is 35.5. The van der Waals surface area contributed by atoms with Crippen LogP contribution in [0.2, 0.25) is 10.0 Å². The van der Waals surface area contributed by atoms with Gasteiger partial charge in [-0.25, -0.2) is 13.1 Å². The van der Waals surface area contributed by atoms with Crippen molar-refractivity contribution in [1.29, 1.82) is 0 Å². The van der Waals surface area contributed by atoms with E-state index in [2.05, 4.69) is 4.72 Å². The van der Waals surface area contributed by atoms with Gasteiger partial charge in [-0.15, -0.1) is 0 Å². The topological polar surface area (TPSA) is 104 Å². The molecule has 1 saturated carbocycles. The van der Waals surface area contributed by atoms with E-state index >= 15 is 0 Å². The molecule has 0 spiro atoms. The number of nitrogens with one attached hydrogen (secondary N) is 1. The molecule has 1 amide bonds. The van der Waals surface area contributed by atoms with Crippen LogP contribution >= 0.6 is 23.2 Å². The summed E-state index contributed by atoms with van der Waals surface area (Å²) in [6.45, 7) is 7.01. The standard InChI is InChI=1S/C29H36Cl2N2O5S/c1-28(2,3)32-39(37,38)17-24(18-8-9-18)33-26(19-10-12-21(30)13-11-19)23(20-6-5-7-22(31)14-20)15-29(4,27(33)36)16-25(34)35/h5-7,10-14,18,23-24,26,32H,8-9,15-17H2,1-4H3,(H,34,35)/t23-,24?,26-,29-/m1/s1. The van der Waals surface area contributed by atoms with Gasteiger partial charge in [-0.3, -0.25) is 9.59 Å². The third kappa shape index (κ3) is 7.15. The fourth-order valence-electron chi connectivity index (χ4n) is 5.90. The molecular weight excluding hydrogens is 559 g/mol. The minimum Gasteiger partial charge on any atom is -0.481 e. The largest absolute Gasteiger partial charge is 0.481 e. The fraction of sp³-hybridized carbons (Fsp3) is 0.517. The number of benzene rings is 2. The van der Waals surface area contributed by atoms with E-state index in [0.717, 1.165) is 24.0 Å². The highest BCUT2D eigenvalue weighted by Gasteiger charge is 2.55. The first-order valence-corrected chi connectivity index (χ1v) is 15.6. The first-order chi connectivity index (χ1) is 18.1. The zero-order chi connectivity index (χ0) is 28.8. The average Bonchev–Trinajstić information content (AvgIpc) is 3.63. The molecule has 1 unspecified atom stereocenters. The molecule has 0 aromatic heterocycles. The van der Waals surface area contributed by atoms with Gasteiger partial charge in [0, 0.05) is 21.5 Å². The van der Waals surface area contributed by atoms with E-state index in [9.17, 15) is 23.1 Å². The second-order valence-electron chi connectivity index (χ2n) is 12.2. The number of hydrogen-bond donors (Lipinski definition) is 2. The minimum atomic E-state index is -3.78. The lowest BCUT2D eigenvalue weighted by molar-refractivity contribution is -0.160. The van der Waals surface area contributed by atoms with Gasteiger partial charge in [0.25, 0.3) is 0 Å². The monoisotopic (exact) mass is 594 g/mol. The van der Waals surface area contributed by atoms with Gasteiger partial charge in [-0.1, -0.05) is 54.4 Å². The van der Waals surface area contributed by atoms with Crippen molar-refractivity contribution >= 4 is 45.1 Å². The Hall–Kier alpha value is -2.13. The number of carbonyl (C=O) groups is 2. The number of sulfonamides is 1. The van der Waals surface area contributed by atoms with Crippen LogP contribution in [-0.2, 0) is 19.6 Å². The number of aliphatic carboxylic acids is 1. The summed E-state index contributed by atoms with van der Waals surface area (Å²) >= 11 is 12.6. The van der Waals surface area contributed by atoms with Crippen LogP contribution in [0.1, 0.15) is 76.5 Å².